The number of carbonyl (C=O) groups excluding carboxylic acids is 1. The average molecular weight is 355 g/mol. The number of carbonyl (C=O) groups is 1. The number of rotatable bonds is 5. The maximum atomic E-state index is 12.8. The molecule has 7 heteroatoms. The van der Waals surface area contributed by atoms with E-state index in [-0.39, 0.29) is 18.6 Å². The molecule has 0 spiro atoms. The van der Waals surface area contributed by atoms with Crippen LogP contribution in [0.1, 0.15) is 40.3 Å². The third-order valence-corrected chi connectivity index (χ3v) is 5.00. The standard InChI is InChI=1S/C18H17N3O3S/c22-18(21-9-4-7-15(21)17-19-8-10-25-17)14-11-24-16(20-14)12-23-13-5-2-1-3-6-13/h1-3,5-6,8,10-11,15H,4,7,9,12H2. The Morgan fingerprint density at radius 2 is 2.24 bits per heavy atom. The van der Waals surface area contributed by atoms with Crippen LogP contribution in [0.2, 0.25) is 0 Å². The minimum atomic E-state index is -0.118. The normalized spacial score (nSPS) is 17.0. The highest BCUT2D eigenvalue weighted by atomic mass is 32.1. The minimum absolute atomic E-state index is 0.0354. The molecule has 0 radical (unpaired) electrons. The Kier molecular flexibility index (Phi) is 4.47. The van der Waals surface area contributed by atoms with Gasteiger partial charge in [0.25, 0.3) is 5.91 Å². The Hall–Kier alpha value is -2.67. The number of hydrogen-bond donors (Lipinski definition) is 0. The molecule has 1 aliphatic heterocycles. The van der Waals surface area contributed by atoms with Gasteiger partial charge in [-0.3, -0.25) is 4.79 Å². The molecule has 128 valence electrons. The summed E-state index contributed by atoms with van der Waals surface area (Å²) in [5, 5.41) is 2.91. The van der Waals surface area contributed by atoms with Gasteiger partial charge in [-0.2, -0.15) is 0 Å². The Labute approximate surface area is 149 Å². The van der Waals surface area contributed by atoms with Crippen LogP contribution < -0.4 is 4.74 Å². The second-order valence-electron chi connectivity index (χ2n) is 5.76. The molecule has 0 aliphatic carbocycles. The molecule has 2 aromatic heterocycles. The number of ether oxygens (including phenoxy) is 1. The Bertz CT molecular complexity index is 832. The van der Waals surface area contributed by atoms with E-state index in [1.165, 1.54) is 6.26 Å². The molecule has 0 N–H and O–H groups in total. The van der Waals surface area contributed by atoms with E-state index in [9.17, 15) is 4.79 Å². The van der Waals surface area contributed by atoms with Crippen LogP contribution in [0.5, 0.6) is 5.75 Å². The lowest BCUT2D eigenvalue weighted by Crippen LogP contribution is -2.30. The molecule has 25 heavy (non-hydrogen) atoms. The highest BCUT2D eigenvalue weighted by molar-refractivity contribution is 7.09. The highest BCUT2D eigenvalue weighted by Gasteiger charge is 2.33. The van der Waals surface area contributed by atoms with E-state index in [0.29, 0.717) is 18.1 Å². The smallest absolute Gasteiger partial charge is 0.276 e. The second-order valence-corrected chi connectivity index (χ2v) is 6.68. The molecule has 4 rings (SSSR count). The zero-order valence-corrected chi connectivity index (χ0v) is 14.3. The van der Waals surface area contributed by atoms with Crippen LogP contribution in [0.25, 0.3) is 0 Å². The average Bonchev–Trinajstić information content (AvgIpc) is 3.41. The van der Waals surface area contributed by atoms with Gasteiger partial charge >= 0.3 is 0 Å². The van der Waals surface area contributed by atoms with Gasteiger partial charge in [0.1, 0.15) is 17.0 Å². The summed E-state index contributed by atoms with van der Waals surface area (Å²) in [5.74, 6) is 1.00. The lowest BCUT2D eigenvalue weighted by atomic mass is 10.2. The van der Waals surface area contributed by atoms with Crippen molar-refractivity contribution in [3.8, 4) is 5.75 Å². The maximum Gasteiger partial charge on any atom is 0.276 e. The minimum Gasteiger partial charge on any atom is -0.484 e. The summed E-state index contributed by atoms with van der Waals surface area (Å²) in [5.41, 5.74) is 0.315. The van der Waals surface area contributed by atoms with Crippen molar-refractivity contribution >= 4 is 17.2 Å². The summed E-state index contributed by atoms with van der Waals surface area (Å²) in [6, 6.07) is 9.46. The Morgan fingerprint density at radius 1 is 1.36 bits per heavy atom. The zero-order valence-electron chi connectivity index (χ0n) is 13.5. The van der Waals surface area contributed by atoms with Crippen LogP contribution in [0, 0.1) is 0 Å². The van der Waals surface area contributed by atoms with Crippen molar-refractivity contribution in [3.63, 3.8) is 0 Å². The van der Waals surface area contributed by atoms with Crippen molar-refractivity contribution in [1.82, 2.24) is 14.9 Å². The van der Waals surface area contributed by atoms with Gasteiger partial charge in [0.2, 0.25) is 5.89 Å². The van der Waals surface area contributed by atoms with E-state index in [1.54, 1.807) is 17.5 Å². The van der Waals surface area contributed by atoms with Crippen molar-refractivity contribution in [2.24, 2.45) is 0 Å². The number of aromatic nitrogens is 2. The fourth-order valence-corrected chi connectivity index (χ4v) is 3.73. The van der Waals surface area contributed by atoms with Crippen molar-refractivity contribution < 1.29 is 13.9 Å². The van der Waals surface area contributed by atoms with Crippen LogP contribution in [-0.4, -0.2) is 27.3 Å². The van der Waals surface area contributed by atoms with Gasteiger partial charge in [0.15, 0.2) is 12.3 Å². The first-order valence-electron chi connectivity index (χ1n) is 8.14. The van der Waals surface area contributed by atoms with Crippen LogP contribution in [0.3, 0.4) is 0 Å². The molecule has 0 bridgehead atoms. The molecular formula is C18H17N3O3S. The van der Waals surface area contributed by atoms with Gasteiger partial charge < -0.3 is 14.1 Å². The topological polar surface area (TPSA) is 68.5 Å². The lowest BCUT2D eigenvalue weighted by molar-refractivity contribution is 0.0729. The van der Waals surface area contributed by atoms with E-state index >= 15 is 0 Å². The zero-order chi connectivity index (χ0) is 17.1. The molecule has 1 saturated heterocycles. The monoisotopic (exact) mass is 355 g/mol. The van der Waals surface area contributed by atoms with Gasteiger partial charge in [-0.05, 0) is 25.0 Å². The third-order valence-electron chi connectivity index (χ3n) is 4.13. The summed E-state index contributed by atoms with van der Waals surface area (Å²) in [6.07, 6.45) is 5.08. The number of hydrogen-bond acceptors (Lipinski definition) is 6. The molecule has 1 atom stereocenters. The van der Waals surface area contributed by atoms with Crippen LogP contribution in [0.15, 0.2) is 52.6 Å². The van der Waals surface area contributed by atoms with Crippen LogP contribution >= 0.6 is 11.3 Å². The summed E-state index contributed by atoms with van der Waals surface area (Å²) in [4.78, 5) is 23.3. The van der Waals surface area contributed by atoms with Gasteiger partial charge in [-0.15, -0.1) is 11.3 Å². The largest absolute Gasteiger partial charge is 0.484 e. The number of oxazole rings is 1. The summed E-state index contributed by atoms with van der Waals surface area (Å²) >= 11 is 1.58. The van der Waals surface area contributed by atoms with Gasteiger partial charge in [0.05, 0.1) is 6.04 Å². The molecule has 1 fully saturated rings. The fraction of sp³-hybridized carbons (Fsp3) is 0.278. The number of amides is 1. The van der Waals surface area contributed by atoms with E-state index in [2.05, 4.69) is 9.97 Å². The molecule has 1 aromatic carbocycles. The van der Waals surface area contributed by atoms with E-state index in [0.717, 1.165) is 23.6 Å². The molecule has 1 amide bonds. The number of benzene rings is 1. The first-order chi connectivity index (χ1) is 12.3. The number of para-hydroxylation sites is 1. The molecule has 1 aliphatic rings. The summed E-state index contributed by atoms with van der Waals surface area (Å²) in [6.45, 7) is 0.902. The maximum absolute atomic E-state index is 12.8. The van der Waals surface area contributed by atoms with Crippen LogP contribution in [0.4, 0.5) is 0 Å². The molecule has 6 nitrogen and oxygen atoms in total. The predicted octanol–water partition coefficient (Wildman–Crippen LogP) is 3.69. The number of thiazole rings is 1. The first kappa shape index (κ1) is 15.8. The molecule has 0 saturated carbocycles. The van der Waals surface area contributed by atoms with Crippen molar-refractivity contribution in [1.29, 1.82) is 0 Å². The fourth-order valence-electron chi connectivity index (χ4n) is 2.95. The molecule has 1 unspecified atom stereocenters. The van der Waals surface area contributed by atoms with Crippen molar-refractivity contribution in [2.45, 2.75) is 25.5 Å². The van der Waals surface area contributed by atoms with Gasteiger partial charge in [0, 0.05) is 18.1 Å². The summed E-state index contributed by atoms with van der Waals surface area (Å²) < 4.78 is 11.0. The first-order valence-corrected chi connectivity index (χ1v) is 9.02. The lowest BCUT2D eigenvalue weighted by Gasteiger charge is -2.21. The Balaban J connectivity index is 1.43. The summed E-state index contributed by atoms with van der Waals surface area (Å²) in [7, 11) is 0. The van der Waals surface area contributed by atoms with Crippen molar-refractivity contribution in [3.05, 3.63) is 64.8 Å². The quantitative estimate of drug-likeness (QED) is 0.698. The number of likely N-dealkylation sites (tertiary alicyclic amines) is 1. The Morgan fingerprint density at radius 3 is 3.04 bits per heavy atom. The molecule has 3 aromatic rings. The SMILES string of the molecule is O=C(c1coc(COc2ccccc2)n1)N1CCCC1c1nccs1. The van der Waals surface area contributed by atoms with E-state index in [4.69, 9.17) is 9.15 Å². The van der Waals surface area contributed by atoms with E-state index in [1.807, 2.05) is 40.6 Å². The van der Waals surface area contributed by atoms with Gasteiger partial charge in [-0.25, -0.2) is 9.97 Å². The number of nitrogens with zero attached hydrogens (tertiary/aromatic N) is 3. The molecule has 3 heterocycles. The second kappa shape index (κ2) is 7.06. The van der Waals surface area contributed by atoms with Crippen LogP contribution in [-0.2, 0) is 6.61 Å². The highest BCUT2D eigenvalue weighted by Crippen LogP contribution is 2.33. The van der Waals surface area contributed by atoms with Crippen molar-refractivity contribution in [2.75, 3.05) is 6.54 Å². The van der Waals surface area contributed by atoms with E-state index < -0.39 is 0 Å². The third kappa shape index (κ3) is 3.41. The van der Waals surface area contributed by atoms with Gasteiger partial charge in [-0.1, -0.05) is 18.2 Å². The predicted molar refractivity (Wildman–Crippen MR) is 92.4 cm³/mol. The molecular weight excluding hydrogens is 338 g/mol.